The molecular weight excluding hydrogens is 320 g/mol. The average molecular weight is 344 g/mol. The summed E-state index contributed by atoms with van der Waals surface area (Å²) in [5.41, 5.74) is -0.131. The van der Waals surface area contributed by atoms with Crippen LogP contribution in [0.25, 0.3) is 10.9 Å². The van der Waals surface area contributed by atoms with Crippen molar-refractivity contribution in [3.05, 3.63) is 52.0 Å². The number of aromatic nitrogens is 1. The molecule has 0 saturated heterocycles. The number of fused-ring (bicyclic) bond motifs is 1. The Morgan fingerprint density at radius 2 is 2.04 bits per heavy atom. The Labute approximate surface area is 146 Å². The molecule has 0 fully saturated rings. The number of aromatic hydroxyl groups is 1. The number of carbonyl (C=O) groups excluding carboxylic acids is 1. The number of pyridine rings is 1. The molecule has 6 heteroatoms. The molecule has 0 bridgehead atoms. The van der Waals surface area contributed by atoms with Crippen LogP contribution < -0.4 is 10.9 Å². The zero-order valence-corrected chi connectivity index (χ0v) is 15.0. The van der Waals surface area contributed by atoms with Crippen molar-refractivity contribution in [1.82, 2.24) is 9.88 Å². The van der Waals surface area contributed by atoms with Crippen molar-refractivity contribution in [1.29, 1.82) is 0 Å². The van der Waals surface area contributed by atoms with Gasteiger partial charge >= 0.3 is 0 Å². The second-order valence-electron chi connectivity index (χ2n) is 6.19. The Morgan fingerprint density at radius 3 is 2.64 bits per heavy atom. The summed E-state index contributed by atoms with van der Waals surface area (Å²) < 4.78 is 6.64. The number of ether oxygens (including phenoxy) is 1. The van der Waals surface area contributed by atoms with Gasteiger partial charge in [0, 0.05) is 11.9 Å². The predicted octanol–water partition coefficient (Wildman–Crippen LogP) is 2.64. The van der Waals surface area contributed by atoms with Crippen molar-refractivity contribution in [3.63, 3.8) is 0 Å². The van der Waals surface area contributed by atoms with Gasteiger partial charge in [-0.1, -0.05) is 26.0 Å². The summed E-state index contributed by atoms with van der Waals surface area (Å²) in [6.45, 7) is 6.36. The number of hydrogen-bond acceptors (Lipinski definition) is 4. The van der Waals surface area contributed by atoms with E-state index in [-0.39, 0.29) is 23.8 Å². The number of allylic oxidation sites excluding steroid dienone is 1. The van der Waals surface area contributed by atoms with E-state index in [1.54, 1.807) is 41.8 Å². The van der Waals surface area contributed by atoms with Crippen LogP contribution in [0.4, 0.5) is 0 Å². The van der Waals surface area contributed by atoms with Crippen LogP contribution in [0.2, 0.25) is 0 Å². The lowest BCUT2D eigenvalue weighted by Gasteiger charge is -2.16. The van der Waals surface area contributed by atoms with Gasteiger partial charge in [-0.25, -0.2) is 0 Å². The average Bonchev–Trinajstić information content (AvgIpc) is 2.59. The number of hydrogen-bond donors (Lipinski definition) is 2. The van der Waals surface area contributed by atoms with Crippen LogP contribution in [0.1, 0.15) is 31.1 Å². The standard InChI is InChI=1S/C19H24N2O4/c1-5-13(25-4)10-20-18(23)16-17(22)14-8-6-7-9-15(14)21(19(16)24)11-12(2)3/h5-9,12,22H,10-11H2,1-4H3,(H,20,23)/b13-5-. The van der Waals surface area contributed by atoms with Crippen LogP contribution in [0.3, 0.4) is 0 Å². The van der Waals surface area contributed by atoms with Gasteiger partial charge in [0.1, 0.15) is 17.1 Å². The van der Waals surface area contributed by atoms with Crippen molar-refractivity contribution in [2.45, 2.75) is 27.3 Å². The second kappa shape index (κ2) is 7.88. The minimum absolute atomic E-state index is 0.141. The Hall–Kier alpha value is -2.76. The number of rotatable bonds is 6. The summed E-state index contributed by atoms with van der Waals surface area (Å²) in [7, 11) is 1.50. The van der Waals surface area contributed by atoms with Gasteiger partial charge in [-0.3, -0.25) is 9.59 Å². The first-order valence-corrected chi connectivity index (χ1v) is 8.22. The lowest BCUT2D eigenvalue weighted by Crippen LogP contribution is -2.35. The quantitative estimate of drug-likeness (QED) is 0.790. The molecule has 134 valence electrons. The summed E-state index contributed by atoms with van der Waals surface area (Å²) >= 11 is 0. The van der Waals surface area contributed by atoms with Gasteiger partial charge in [0.25, 0.3) is 11.5 Å². The first kappa shape index (κ1) is 18.6. The van der Waals surface area contributed by atoms with Crippen LogP contribution >= 0.6 is 0 Å². The van der Waals surface area contributed by atoms with Crippen molar-refractivity contribution in [2.24, 2.45) is 5.92 Å². The molecule has 0 radical (unpaired) electrons. The lowest BCUT2D eigenvalue weighted by molar-refractivity contribution is 0.0945. The number of nitrogens with zero attached hydrogens (tertiary/aromatic N) is 1. The van der Waals surface area contributed by atoms with Gasteiger partial charge in [-0.05, 0) is 31.1 Å². The summed E-state index contributed by atoms with van der Waals surface area (Å²) in [5, 5.41) is 13.6. The van der Waals surface area contributed by atoms with Crippen LogP contribution in [-0.2, 0) is 11.3 Å². The molecular formula is C19H24N2O4. The fourth-order valence-electron chi connectivity index (χ4n) is 2.69. The molecule has 2 aromatic rings. The third-order valence-corrected chi connectivity index (χ3v) is 3.93. The van der Waals surface area contributed by atoms with Crippen molar-refractivity contribution in [2.75, 3.05) is 13.7 Å². The Balaban J connectivity index is 2.56. The second-order valence-corrected chi connectivity index (χ2v) is 6.19. The van der Waals surface area contributed by atoms with E-state index in [9.17, 15) is 14.7 Å². The van der Waals surface area contributed by atoms with Gasteiger partial charge in [-0.15, -0.1) is 0 Å². The highest BCUT2D eigenvalue weighted by Gasteiger charge is 2.22. The van der Waals surface area contributed by atoms with Gasteiger partial charge in [0.05, 0.1) is 19.2 Å². The maximum absolute atomic E-state index is 12.9. The third kappa shape index (κ3) is 3.84. The van der Waals surface area contributed by atoms with Gasteiger partial charge in [0.2, 0.25) is 0 Å². The van der Waals surface area contributed by atoms with E-state index < -0.39 is 11.5 Å². The maximum Gasteiger partial charge on any atom is 0.267 e. The fraction of sp³-hybridized carbons (Fsp3) is 0.368. The molecule has 0 aliphatic rings. The molecule has 2 N–H and O–H groups in total. The Morgan fingerprint density at radius 1 is 1.36 bits per heavy atom. The van der Waals surface area contributed by atoms with Gasteiger partial charge < -0.3 is 19.7 Å². The Bertz CT molecular complexity index is 866. The number of para-hydroxylation sites is 1. The van der Waals surface area contributed by atoms with E-state index in [2.05, 4.69) is 5.32 Å². The molecule has 1 heterocycles. The summed E-state index contributed by atoms with van der Waals surface area (Å²) in [6.07, 6.45) is 1.72. The topological polar surface area (TPSA) is 80.6 Å². The van der Waals surface area contributed by atoms with E-state index in [4.69, 9.17) is 4.74 Å². The zero-order valence-electron chi connectivity index (χ0n) is 15.0. The van der Waals surface area contributed by atoms with Crippen LogP contribution in [0, 0.1) is 5.92 Å². The predicted molar refractivity (Wildman–Crippen MR) is 97.8 cm³/mol. The molecule has 0 atom stereocenters. The largest absolute Gasteiger partial charge is 0.506 e. The first-order valence-electron chi connectivity index (χ1n) is 8.22. The summed E-state index contributed by atoms with van der Waals surface area (Å²) in [6, 6.07) is 7.03. The molecule has 0 saturated carbocycles. The van der Waals surface area contributed by atoms with E-state index >= 15 is 0 Å². The van der Waals surface area contributed by atoms with Crippen LogP contribution in [0.15, 0.2) is 40.9 Å². The number of carbonyl (C=O) groups is 1. The smallest absolute Gasteiger partial charge is 0.267 e. The van der Waals surface area contributed by atoms with E-state index in [0.717, 1.165) is 0 Å². The number of amides is 1. The molecule has 25 heavy (non-hydrogen) atoms. The Kier molecular flexibility index (Phi) is 5.85. The highest BCUT2D eigenvalue weighted by Crippen LogP contribution is 2.26. The summed E-state index contributed by atoms with van der Waals surface area (Å²) in [4.78, 5) is 25.4. The molecule has 0 spiro atoms. The number of nitrogens with one attached hydrogen (secondary N) is 1. The minimum atomic E-state index is -0.623. The maximum atomic E-state index is 12.9. The molecule has 2 rings (SSSR count). The van der Waals surface area contributed by atoms with E-state index in [0.29, 0.717) is 23.2 Å². The molecule has 1 aromatic heterocycles. The normalized spacial score (nSPS) is 11.8. The lowest BCUT2D eigenvalue weighted by atomic mass is 10.1. The SMILES string of the molecule is C/C=C(/CNC(=O)c1c(O)c2ccccc2n(CC(C)C)c1=O)OC. The molecule has 0 unspecified atom stereocenters. The van der Waals surface area contributed by atoms with Crippen molar-refractivity contribution >= 4 is 16.8 Å². The summed E-state index contributed by atoms with van der Waals surface area (Å²) in [5.74, 6) is -0.138. The monoisotopic (exact) mass is 344 g/mol. The highest BCUT2D eigenvalue weighted by molar-refractivity contribution is 6.02. The molecule has 0 aliphatic carbocycles. The number of benzene rings is 1. The van der Waals surface area contributed by atoms with Gasteiger partial charge in [-0.2, -0.15) is 0 Å². The van der Waals surface area contributed by atoms with E-state index in [1.165, 1.54) is 7.11 Å². The van der Waals surface area contributed by atoms with Crippen LogP contribution in [-0.4, -0.2) is 29.2 Å². The highest BCUT2D eigenvalue weighted by atomic mass is 16.5. The fourth-order valence-corrected chi connectivity index (χ4v) is 2.69. The first-order chi connectivity index (χ1) is 11.9. The molecule has 0 aliphatic heterocycles. The van der Waals surface area contributed by atoms with Crippen LogP contribution in [0.5, 0.6) is 5.75 Å². The number of methoxy groups -OCH3 is 1. The minimum Gasteiger partial charge on any atom is -0.506 e. The molecule has 6 nitrogen and oxygen atoms in total. The molecule has 1 amide bonds. The van der Waals surface area contributed by atoms with Crippen molar-refractivity contribution in [3.8, 4) is 5.75 Å². The van der Waals surface area contributed by atoms with Gasteiger partial charge in [0.15, 0.2) is 0 Å². The molecule has 1 aromatic carbocycles. The van der Waals surface area contributed by atoms with Crippen molar-refractivity contribution < 1.29 is 14.6 Å². The van der Waals surface area contributed by atoms with E-state index in [1.807, 2.05) is 13.8 Å². The third-order valence-electron chi connectivity index (χ3n) is 3.93. The zero-order chi connectivity index (χ0) is 18.6.